The first kappa shape index (κ1) is 14.2. The molecule has 0 aromatic heterocycles. The van der Waals surface area contributed by atoms with Gasteiger partial charge >= 0.3 is 0 Å². The zero-order chi connectivity index (χ0) is 13.8. The average Bonchev–Trinajstić information content (AvgIpc) is 2.83. The number of rotatable bonds is 4. The summed E-state index contributed by atoms with van der Waals surface area (Å²) >= 11 is 6.04. The monoisotopic (exact) mass is 283 g/mol. The molecule has 0 saturated carbocycles. The molecule has 1 atom stereocenters. The molecule has 0 bridgehead atoms. The fourth-order valence-electron chi connectivity index (χ4n) is 2.24. The van der Waals surface area contributed by atoms with Gasteiger partial charge in [0.25, 0.3) is 0 Å². The van der Waals surface area contributed by atoms with E-state index in [-0.39, 0.29) is 12.0 Å². The van der Waals surface area contributed by atoms with Crippen LogP contribution in [0.25, 0.3) is 0 Å². The third-order valence-corrected chi connectivity index (χ3v) is 3.66. The molecule has 5 heteroatoms. The van der Waals surface area contributed by atoms with E-state index in [4.69, 9.17) is 16.3 Å². The Kier molecular flexibility index (Phi) is 4.66. The predicted molar refractivity (Wildman–Crippen MR) is 73.5 cm³/mol. The predicted octanol–water partition coefficient (Wildman–Crippen LogP) is 1.87. The molecule has 0 radical (unpaired) electrons. The van der Waals surface area contributed by atoms with E-state index < -0.39 is 0 Å². The van der Waals surface area contributed by atoms with Crippen LogP contribution >= 0.6 is 11.6 Å². The summed E-state index contributed by atoms with van der Waals surface area (Å²) in [5.74, 6) is 0.725. The third-order valence-electron chi connectivity index (χ3n) is 3.36. The highest BCUT2D eigenvalue weighted by Crippen LogP contribution is 2.25. The standard InChI is InChI=1S/C14H18ClNO3/c1-19-13-4-2-10(8-12(13)15)3-5-14(18)16-7-6-11(17)9-16/h2,4,8,11,17H,3,5-7,9H2,1H3. The van der Waals surface area contributed by atoms with Gasteiger partial charge in [0, 0.05) is 19.5 Å². The maximum Gasteiger partial charge on any atom is 0.222 e. The molecule has 1 aromatic rings. The third kappa shape index (κ3) is 3.61. The molecule has 4 nitrogen and oxygen atoms in total. The second kappa shape index (κ2) is 6.26. The van der Waals surface area contributed by atoms with Crippen molar-refractivity contribution in [1.82, 2.24) is 4.90 Å². The zero-order valence-electron chi connectivity index (χ0n) is 10.9. The molecule has 1 fully saturated rings. The molecule has 1 aromatic carbocycles. The van der Waals surface area contributed by atoms with Crippen LogP contribution in [-0.4, -0.2) is 42.2 Å². The number of nitrogens with zero attached hydrogens (tertiary/aromatic N) is 1. The van der Waals surface area contributed by atoms with Gasteiger partial charge in [-0.3, -0.25) is 4.79 Å². The second-order valence-electron chi connectivity index (χ2n) is 4.75. The number of hydrogen-bond acceptors (Lipinski definition) is 3. The maximum atomic E-state index is 11.9. The van der Waals surface area contributed by atoms with Gasteiger partial charge in [-0.25, -0.2) is 0 Å². The number of β-amino-alcohol motifs (C(OH)–C–C–N with tert-alkyl or cyclic N) is 1. The van der Waals surface area contributed by atoms with Crippen LogP contribution in [0.2, 0.25) is 5.02 Å². The van der Waals surface area contributed by atoms with Crippen LogP contribution in [0.3, 0.4) is 0 Å². The first-order chi connectivity index (χ1) is 9.10. The minimum Gasteiger partial charge on any atom is -0.495 e. The highest BCUT2D eigenvalue weighted by atomic mass is 35.5. The lowest BCUT2D eigenvalue weighted by atomic mass is 10.1. The maximum absolute atomic E-state index is 11.9. The van der Waals surface area contributed by atoms with Crippen molar-refractivity contribution < 1.29 is 14.6 Å². The number of aliphatic hydroxyl groups is 1. The molecule has 1 aliphatic rings. The van der Waals surface area contributed by atoms with Gasteiger partial charge in [-0.2, -0.15) is 0 Å². The van der Waals surface area contributed by atoms with Gasteiger partial charge in [0.05, 0.1) is 18.2 Å². The van der Waals surface area contributed by atoms with Crippen LogP contribution in [0.1, 0.15) is 18.4 Å². The van der Waals surface area contributed by atoms with Gasteiger partial charge < -0.3 is 14.7 Å². The van der Waals surface area contributed by atoms with E-state index in [1.807, 2.05) is 18.2 Å². The van der Waals surface area contributed by atoms with Crippen molar-refractivity contribution in [3.63, 3.8) is 0 Å². The summed E-state index contributed by atoms with van der Waals surface area (Å²) in [7, 11) is 1.57. The number of hydrogen-bond donors (Lipinski definition) is 1. The SMILES string of the molecule is COc1ccc(CCC(=O)N2CCC(O)C2)cc1Cl. The van der Waals surface area contributed by atoms with E-state index in [0.717, 1.165) is 5.56 Å². The van der Waals surface area contributed by atoms with Crippen molar-refractivity contribution in [1.29, 1.82) is 0 Å². The van der Waals surface area contributed by atoms with Crippen molar-refractivity contribution in [2.24, 2.45) is 0 Å². The van der Waals surface area contributed by atoms with Crippen molar-refractivity contribution >= 4 is 17.5 Å². The Morgan fingerprint density at radius 2 is 2.37 bits per heavy atom. The Morgan fingerprint density at radius 3 is 2.95 bits per heavy atom. The lowest BCUT2D eigenvalue weighted by Crippen LogP contribution is -2.29. The summed E-state index contributed by atoms with van der Waals surface area (Å²) in [6.07, 6.45) is 1.41. The summed E-state index contributed by atoms with van der Waals surface area (Å²) < 4.78 is 5.08. The first-order valence-corrected chi connectivity index (χ1v) is 6.76. The van der Waals surface area contributed by atoms with Crippen LogP contribution in [0.15, 0.2) is 18.2 Å². The Balaban J connectivity index is 1.88. The number of aliphatic hydroxyl groups excluding tert-OH is 1. The minimum atomic E-state index is -0.362. The topological polar surface area (TPSA) is 49.8 Å². The normalized spacial score (nSPS) is 18.7. The van der Waals surface area contributed by atoms with Crippen LogP contribution in [0.5, 0.6) is 5.75 Å². The van der Waals surface area contributed by atoms with Crippen LogP contribution in [0.4, 0.5) is 0 Å². The Bertz CT molecular complexity index is 464. The van der Waals surface area contributed by atoms with Gasteiger partial charge in [0.15, 0.2) is 0 Å². The molecule has 19 heavy (non-hydrogen) atoms. The number of carbonyl (C=O) groups excluding carboxylic acids is 1. The van der Waals surface area contributed by atoms with Crippen LogP contribution in [0, 0.1) is 0 Å². The number of benzene rings is 1. The van der Waals surface area contributed by atoms with E-state index in [9.17, 15) is 9.90 Å². The number of likely N-dealkylation sites (tertiary alicyclic amines) is 1. The molecule has 1 aliphatic heterocycles. The van der Waals surface area contributed by atoms with Crippen LogP contribution < -0.4 is 4.74 Å². The van der Waals surface area contributed by atoms with E-state index in [0.29, 0.717) is 43.1 Å². The average molecular weight is 284 g/mol. The summed E-state index contributed by atoms with van der Waals surface area (Å²) in [6, 6.07) is 5.55. The zero-order valence-corrected chi connectivity index (χ0v) is 11.7. The molecule has 0 aliphatic carbocycles. The lowest BCUT2D eigenvalue weighted by molar-refractivity contribution is -0.130. The minimum absolute atomic E-state index is 0.0866. The molecule has 1 amide bonds. The van der Waals surface area contributed by atoms with Crippen molar-refractivity contribution in [3.8, 4) is 5.75 Å². The summed E-state index contributed by atoms with van der Waals surface area (Å²) in [6.45, 7) is 1.12. The molecule has 1 N–H and O–H groups in total. The molecular formula is C14H18ClNO3. The number of aryl methyl sites for hydroxylation is 1. The van der Waals surface area contributed by atoms with Crippen LogP contribution in [-0.2, 0) is 11.2 Å². The largest absolute Gasteiger partial charge is 0.495 e. The number of halogens is 1. The Labute approximate surface area is 117 Å². The van der Waals surface area contributed by atoms with E-state index >= 15 is 0 Å². The highest BCUT2D eigenvalue weighted by molar-refractivity contribution is 6.32. The Hall–Kier alpha value is -1.26. The fraction of sp³-hybridized carbons (Fsp3) is 0.500. The number of carbonyl (C=O) groups is 1. The molecule has 1 heterocycles. The molecule has 0 spiro atoms. The van der Waals surface area contributed by atoms with Gasteiger partial charge in [0.2, 0.25) is 5.91 Å². The number of amides is 1. The lowest BCUT2D eigenvalue weighted by Gasteiger charge is -2.15. The number of methoxy groups -OCH3 is 1. The molecule has 1 saturated heterocycles. The molecule has 104 valence electrons. The molecule has 2 rings (SSSR count). The van der Waals surface area contributed by atoms with Crippen molar-refractivity contribution in [2.45, 2.75) is 25.4 Å². The van der Waals surface area contributed by atoms with Gasteiger partial charge in [0.1, 0.15) is 5.75 Å². The van der Waals surface area contributed by atoms with Crippen molar-refractivity contribution in [3.05, 3.63) is 28.8 Å². The second-order valence-corrected chi connectivity index (χ2v) is 5.16. The number of ether oxygens (including phenoxy) is 1. The van der Waals surface area contributed by atoms with Crippen molar-refractivity contribution in [2.75, 3.05) is 20.2 Å². The quantitative estimate of drug-likeness (QED) is 0.918. The van der Waals surface area contributed by atoms with E-state index in [1.165, 1.54) is 0 Å². The smallest absolute Gasteiger partial charge is 0.222 e. The Morgan fingerprint density at radius 1 is 1.58 bits per heavy atom. The molecule has 1 unspecified atom stereocenters. The molecular weight excluding hydrogens is 266 g/mol. The van der Waals surface area contributed by atoms with E-state index in [1.54, 1.807) is 12.0 Å². The van der Waals surface area contributed by atoms with Gasteiger partial charge in [-0.05, 0) is 30.5 Å². The fourth-order valence-corrected chi connectivity index (χ4v) is 2.52. The first-order valence-electron chi connectivity index (χ1n) is 6.38. The summed E-state index contributed by atoms with van der Waals surface area (Å²) in [4.78, 5) is 13.6. The highest BCUT2D eigenvalue weighted by Gasteiger charge is 2.23. The summed E-state index contributed by atoms with van der Waals surface area (Å²) in [5.41, 5.74) is 1.01. The van der Waals surface area contributed by atoms with Gasteiger partial charge in [-0.15, -0.1) is 0 Å². The van der Waals surface area contributed by atoms with E-state index in [2.05, 4.69) is 0 Å². The summed E-state index contributed by atoms with van der Waals surface area (Å²) in [5, 5.41) is 9.96. The van der Waals surface area contributed by atoms with Gasteiger partial charge in [-0.1, -0.05) is 17.7 Å².